The fourth-order valence-electron chi connectivity index (χ4n) is 2.29. The smallest absolute Gasteiger partial charge is 0.261 e. The lowest BCUT2D eigenvalue weighted by Gasteiger charge is -2.35. The number of pyridine rings is 1. The number of fused-ring (bicyclic) bond motifs is 1. The highest BCUT2D eigenvalue weighted by molar-refractivity contribution is 6.33. The van der Waals surface area contributed by atoms with Gasteiger partial charge in [0.25, 0.3) is 5.91 Å². The zero-order chi connectivity index (χ0) is 14.1. The van der Waals surface area contributed by atoms with E-state index in [1.807, 2.05) is 31.2 Å². The van der Waals surface area contributed by atoms with Crippen LogP contribution < -0.4 is 9.64 Å². The molecule has 0 spiro atoms. The van der Waals surface area contributed by atoms with Crippen LogP contribution >= 0.6 is 11.6 Å². The molecule has 0 saturated heterocycles. The van der Waals surface area contributed by atoms with Crippen LogP contribution in [0.4, 0.5) is 5.69 Å². The summed E-state index contributed by atoms with van der Waals surface area (Å²) >= 11 is 6.02. The first-order chi connectivity index (χ1) is 9.68. The fourth-order valence-corrected chi connectivity index (χ4v) is 2.49. The molecule has 0 bridgehead atoms. The Balaban J connectivity index is 2.05. The summed E-state index contributed by atoms with van der Waals surface area (Å²) in [6.07, 6.45) is 1.57. The molecule has 0 aliphatic carbocycles. The predicted molar refractivity (Wildman–Crippen MR) is 77.5 cm³/mol. The minimum atomic E-state index is -0.161. The number of aromatic nitrogens is 1. The topological polar surface area (TPSA) is 42.4 Å². The van der Waals surface area contributed by atoms with Crippen LogP contribution in [-0.4, -0.2) is 23.5 Å². The van der Waals surface area contributed by atoms with Crippen LogP contribution in [-0.2, 0) is 0 Å². The molecular weight excluding hydrogens is 276 g/mol. The van der Waals surface area contributed by atoms with Gasteiger partial charge in [0, 0.05) is 6.20 Å². The molecule has 0 saturated carbocycles. The van der Waals surface area contributed by atoms with Crippen molar-refractivity contribution in [3.63, 3.8) is 0 Å². The van der Waals surface area contributed by atoms with Crippen molar-refractivity contribution in [2.24, 2.45) is 0 Å². The van der Waals surface area contributed by atoms with E-state index in [1.165, 1.54) is 0 Å². The average Bonchev–Trinajstić information content (AvgIpc) is 2.47. The van der Waals surface area contributed by atoms with E-state index in [4.69, 9.17) is 16.3 Å². The summed E-state index contributed by atoms with van der Waals surface area (Å²) < 4.78 is 5.64. The summed E-state index contributed by atoms with van der Waals surface area (Å²) in [4.78, 5) is 18.4. The predicted octanol–water partition coefficient (Wildman–Crippen LogP) is 3.16. The van der Waals surface area contributed by atoms with E-state index in [1.54, 1.807) is 23.2 Å². The number of carbonyl (C=O) groups is 1. The Morgan fingerprint density at radius 3 is 2.95 bits per heavy atom. The summed E-state index contributed by atoms with van der Waals surface area (Å²) in [6.45, 7) is 2.40. The molecule has 1 aromatic carbocycles. The summed E-state index contributed by atoms with van der Waals surface area (Å²) in [5.41, 5.74) is 1.16. The van der Waals surface area contributed by atoms with Crippen molar-refractivity contribution < 1.29 is 9.53 Å². The van der Waals surface area contributed by atoms with Gasteiger partial charge in [0.05, 0.1) is 17.3 Å². The second-order valence-electron chi connectivity index (χ2n) is 4.64. The molecule has 1 aliphatic heterocycles. The molecule has 102 valence electrons. The van der Waals surface area contributed by atoms with Gasteiger partial charge in [0.2, 0.25) is 0 Å². The molecule has 0 fully saturated rings. The van der Waals surface area contributed by atoms with Crippen LogP contribution in [0.1, 0.15) is 17.3 Å². The first-order valence-corrected chi connectivity index (χ1v) is 6.72. The summed E-state index contributed by atoms with van der Waals surface area (Å²) in [7, 11) is 0. The third kappa shape index (κ3) is 2.12. The van der Waals surface area contributed by atoms with Gasteiger partial charge < -0.3 is 4.74 Å². The lowest BCUT2D eigenvalue weighted by atomic mass is 10.1. The fraction of sp³-hybridized carbons (Fsp3) is 0.200. The number of hydrogen-bond acceptors (Lipinski definition) is 3. The molecule has 1 aliphatic rings. The zero-order valence-corrected chi connectivity index (χ0v) is 11.7. The molecule has 0 radical (unpaired) electrons. The second-order valence-corrected chi connectivity index (χ2v) is 5.00. The van der Waals surface area contributed by atoms with Crippen LogP contribution in [0.25, 0.3) is 0 Å². The third-order valence-corrected chi connectivity index (χ3v) is 3.56. The number of ether oxygens (including phenoxy) is 1. The van der Waals surface area contributed by atoms with Crippen molar-refractivity contribution in [1.82, 2.24) is 4.98 Å². The molecule has 2 heterocycles. The molecule has 4 nitrogen and oxygen atoms in total. The maximum atomic E-state index is 12.7. The SMILES string of the molecule is C[C@@H]1COc2ccccc2N1C(=O)c1cccnc1Cl. The number of amides is 1. The zero-order valence-electron chi connectivity index (χ0n) is 10.9. The molecule has 1 amide bonds. The Hall–Kier alpha value is -2.07. The Bertz CT molecular complexity index is 660. The molecule has 0 unspecified atom stereocenters. The van der Waals surface area contributed by atoms with Gasteiger partial charge >= 0.3 is 0 Å². The van der Waals surface area contributed by atoms with Gasteiger partial charge in [-0.1, -0.05) is 23.7 Å². The van der Waals surface area contributed by atoms with E-state index in [-0.39, 0.29) is 17.1 Å². The molecule has 0 N–H and O–H groups in total. The van der Waals surface area contributed by atoms with Crippen molar-refractivity contribution >= 4 is 23.2 Å². The first kappa shape index (κ1) is 12.9. The number of halogens is 1. The molecule has 1 aromatic heterocycles. The average molecular weight is 289 g/mol. The summed E-state index contributed by atoms with van der Waals surface area (Å²) in [6, 6.07) is 10.8. The van der Waals surface area contributed by atoms with Gasteiger partial charge in [0.15, 0.2) is 0 Å². The second kappa shape index (κ2) is 5.13. The highest BCUT2D eigenvalue weighted by Gasteiger charge is 2.31. The van der Waals surface area contributed by atoms with Gasteiger partial charge in [-0.3, -0.25) is 9.69 Å². The van der Waals surface area contributed by atoms with E-state index >= 15 is 0 Å². The number of anilines is 1. The van der Waals surface area contributed by atoms with Crippen molar-refractivity contribution in [2.45, 2.75) is 13.0 Å². The van der Waals surface area contributed by atoms with E-state index in [9.17, 15) is 4.79 Å². The minimum absolute atomic E-state index is 0.0614. The van der Waals surface area contributed by atoms with Crippen molar-refractivity contribution in [3.8, 4) is 5.75 Å². The molecule has 2 aromatic rings. The Morgan fingerprint density at radius 2 is 2.15 bits per heavy atom. The molecule has 1 atom stereocenters. The van der Waals surface area contributed by atoms with Crippen LogP contribution in [0, 0.1) is 0 Å². The standard InChI is InChI=1S/C15H13ClN2O2/c1-10-9-20-13-7-3-2-6-12(13)18(10)15(19)11-5-4-8-17-14(11)16/h2-8,10H,9H2,1H3/t10-/m1/s1. The number of hydrogen-bond donors (Lipinski definition) is 0. The first-order valence-electron chi connectivity index (χ1n) is 6.34. The third-order valence-electron chi connectivity index (χ3n) is 3.25. The van der Waals surface area contributed by atoms with Crippen molar-refractivity contribution in [2.75, 3.05) is 11.5 Å². The van der Waals surface area contributed by atoms with Crippen molar-refractivity contribution in [1.29, 1.82) is 0 Å². The summed E-state index contributed by atoms with van der Waals surface area (Å²) in [5, 5.41) is 0.216. The Morgan fingerprint density at radius 1 is 1.35 bits per heavy atom. The normalized spacial score (nSPS) is 17.3. The lowest BCUT2D eigenvalue weighted by Crippen LogP contribution is -2.45. The number of carbonyl (C=O) groups excluding carboxylic acids is 1. The van der Waals surface area contributed by atoms with Crippen LogP contribution in [0.3, 0.4) is 0 Å². The molecule has 5 heteroatoms. The van der Waals surface area contributed by atoms with Crippen LogP contribution in [0.5, 0.6) is 5.75 Å². The van der Waals surface area contributed by atoms with Crippen molar-refractivity contribution in [3.05, 3.63) is 53.3 Å². The molecule has 3 rings (SSSR count). The number of para-hydroxylation sites is 2. The maximum absolute atomic E-state index is 12.7. The highest BCUT2D eigenvalue weighted by atomic mass is 35.5. The number of nitrogens with zero attached hydrogens (tertiary/aromatic N) is 2. The highest BCUT2D eigenvalue weighted by Crippen LogP contribution is 2.34. The monoisotopic (exact) mass is 288 g/mol. The van der Waals surface area contributed by atoms with E-state index in [2.05, 4.69) is 4.98 Å². The molecular formula is C15H13ClN2O2. The van der Waals surface area contributed by atoms with Crippen LogP contribution in [0.2, 0.25) is 5.15 Å². The maximum Gasteiger partial charge on any atom is 0.261 e. The number of benzene rings is 1. The lowest BCUT2D eigenvalue weighted by molar-refractivity contribution is 0.0961. The Kier molecular flexibility index (Phi) is 3.32. The van der Waals surface area contributed by atoms with E-state index < -0.39 is 0 Å². The van der Waals surface area contributed by atoms with Gasteiger partial charge in [-0.25, -0.2) is 4.98 Å². The van der Waals surface area contributed by atoms with Gasteiger partial charge in [-0.15, -0.1) is 0 Å². The number of rotatable bonds is 1. The van der Waals surface area contributed by atoms with E-state index in [0.717, 1.165) is 5.69 Å². The van der Waals surface area contributed by atoms with E-state index in [0.29, 0.717) is 17.9 Å². The van der Waals surface area contributed by atoms with Gasteiger partial charge in [0.1, 0.15) is 17.5 Å². The van der Waals surface area contributed by atoms with Crippen LogP contribution in [0.15, 0.2) is 42.6 Å². The molecule has 20 heavy (non-hydrogen) atoms. The summed E-state index contributed by atoms with van der Waals surface area (Å²) in [5.74, 6) is 0.547. The largest absolute Gasteiger partial charge is 0.489 e. The van der Waals surface area contributed by atoms with Gasteiger partial charge in [-0.05, 0) is 31.2 Å². The van der Waals surface area contributed by atoms with Gasteiger partial charge in [-0.2, -0.15) is 0 Å². The Labute approximate surface area is 122 Å². The minimum Gasteiger partial charge on any atom is -0.489 e. The quantitative estimate of drug-likeness (QED) is 0.757.